The van der Waals surface area contributed by atoms with E-state index in [1.807, 2.05) is 61.7 Å². The molecule has 4 aromatic rings. The summed E-state index contributed by atoms with van der Waals surface area (Å²) in [7, 11) is 0. The van der Waals surface area contributed by atoms with Gasteiger partial charge in [0.05, 0.1) is 0 Å². The SMILES string of the molecule is Cc1ccc(-c2cc3ccccn3c2C(=O)C(=O)N2CCN(c3ccc(F)cc3)CC2)cc1. The molecule has 0 bridgehead atoms. The molecule has 2 aromatic carbocycles. The van der Waals surface area contributed by atoms with Crippen molar-refractivity contribution >= 4 is 22.9 Å². The topological polar surface area (TPSA) is 45.0 Å². The van der Waals surface area contributed by atoms with Crippen LogP contribution in [0.2, 0.25) is 0 Å². The Balaban J connectivity index is 1.41. The first-order valence-corrected chi connectivity index (χ1v) is 11.0. The van der Waals surface area contributed by atoms with Crippen LogP contribution in [0.25, 0.3) is 16.6 Å². The molecule has 0 atom stereocenters. The van der Waals surface area contributed by atoms with Crippen molar-refractivity contribution in [2.75, 3.05) is 31.1 Å². The lowest BCUT2D eigenvalue weighted by Crippen LogP contribution is -2.50. The van der Waals surface area contributed by atoms with Gasteiger partial charge in [0, 0.05) is 49.1 Å². The molecule has 3 heterocycles. The molecule has 5 rings (SSSR count). The maximum absolute atomic E-state index is 13.5. The molecule has 166 valence electrons. The number of fused-ring (bicyclic) bond motifs is 1. The number of halogens is 1. The largest absolute Gasteiger partial charge is 0.368 e. The van der Waals surface area contributed by atoms with Crippen LogP contribution in [-0.4, -0.2) is 47.2 Å². The molecule has 1 amide bonds. The quantitative estimate of drug-likeness (QED) is 0.344. The Bertz CT molecular complexity index is 1320. The van der Waals surface area contributed by atoms with Gasteiger partial charge in [0.15, 0.2) is 0 Å². The lowest BCUT2D eigenvalue weighted by atomic mass is 10.0. The summed E-state index contributed by atoms with van der Waals surface area (Å²) in [6, 6.07) is 22.0. The summed E-state index contributed by atoms with van der Waals surface area (Å²) in [5.41, 5.74) is 4.96. The first-order chi connectivity index (χ1) is 16.0. The molecule has 6 heteroatoms. The molecule has 1 aliphatic rings. The second kappa shape index (κ2) is 8.54. The van der Waals surface area contributed by atoms with E-state index in [1.54, 1.807) is 21.4 Å². The van der Waals surface area contributed by atoms with Crippen LogP contribution in [0.3, 0.4) is 0 Å². The molecule has 0 saturated carbocycles. The van der Waals surface area contributed by atoms with Crippen molar-refractivity contribution < 1.29 is 14.0 Å². The van der Waals surface area contributed by atoms with Crippen LogP contribution < -0.4 is 4.90 Å². The average Bonchev–Trinajstić information content (AvgIpc) is 3.24. The molecule has 5 nitrogen and oxygen atoms in total. The van der Waals surface area contributed by atoms with Gasteiger partial charge in [0.1, 0.15) is 11.5 Å². The minimum Gasteiger partial charge on any atom is -0.368 e. The smallest absolute Gasteiger partial charge is 0.296 e. The first kappa shape index (κ1) is 20.9. The normalized spacial score (nSPS) is 14.0. The number of benzene rings is 2. The summed E-state index contributed by atoms with van der Waals surface area (Å²) in [6.07, 6.45) is 1.82. The van der Waals surface area contributed by atoms with Crippen LogP contribution >= 0.6 is 0 Å². The number of aromatic nitrogens is 1. The number of anilines is 1. The molecule has 0 spiro atoms. The second-order valence-electron chi connectivity index (χ2n) is 8.35. The Morgan fingerprint density at radius 1 is 0.848 bits per heavy atom. The van der Waals surface area contributed by atoms with Crippen LogP contribution in [0.5, 0.6) is 0 Å². The van der Waals surface area contributed by atoms with Gasteiger partial charge in [-0.2, -0.15) is 0 Å². The zero-order chi connectivity index (χ0) is 22.9. The standard InChI is InChI=1S/C27H24FN3O2/c1-19-5-7-20(8-6-19)24-18-23-4-2-3-13-31(23)25(24)26(32)27(33)30-16-14-29(15-17-30)22-11-9-21(28)10-12-22/h2-13,18H,14-17H2,1H3. The molecular formula is C27H24FN3O2. The van der Waals surface area contributed by atoms with Gasteiger partial charge in [0.2, 0.25) is 0 Å². The van der Waals surface area contributed by atoms with Crippen LogP contribution in [0, 0.1) is 12.7 Å². The zero-order valence-corrected chi connectivity index (χ0v) is 18.4. The Morgan fingerprint density at radius 3 is 2.24 bits per heavy atom. The van der Waals surface area contributed by atoms with Gasteiger partial charge in [-0.15, -0.1) is 0 Å². The summed E-state index contributed by atoms with van der Waals surface area (Å²) in [6.45, 7) is 4.06. The maximum Gasteiger partial charge on any atom is 0.296 e. The van der Waals surface area contributed by atoms with Gasteiger partial charge in [-0.1, -0.05) is 35.9 Å². The highest BCUT2D eigenvalue weighted by Gasteiger charge is 2.30. The number of carbonyl (C=O) groups excluding carboxylic acids is 2. The number of pyridine rings is 1. The van der Waals surface area contributed by atoms with E-state index in [-0.39, 0.29) is 5.82 Å². The Hall–Kier alpha value is -3.93. The second-order valence-corrected chi connectivity index (χ2v) is 8.35. The fraction of sp³-hybridized carbons (Fsp3) is 0.185. The predicted molar refractivity (Wildman–Crippen MR) is 127 cm³/mol. The third kappa shape index (κ3) is 4.00. The number of hydrogen-bond acceptors (Lipinski definition) is 3. The van der Waals surface area contributed by atoms with Gasteiger partial charge in [-0.25, -0.2) is 4.39 Å². The fourth-order valence-electron chi connectivity index (χ4n) is 4.37. The van der Waals surface area contributed by atoms with Crippen LogP contribution in [0.1, 0.15) is 16.1 Å². The minimum absolute atomic E-state index is 0.276. The van der Waals surface area contributed by atoms with Gasteiger partial charge < -0.3 is 14.2 Å². The number of piperazine rings is 1. The van der Waals surface area contributed by atoms with E-state index in [9.17, 15) is 14.0 Å². The fourth-order valence-corrected chi connectivity index (χ4v) is 4.37. The first-order valence-electron chi connectivity index (χ1n) is 11.0. The highest BCUT2D eigenvalue weighted by atomic mass is 19.1. The van der Waals surface area contributed by atoms with Crippen molar-refractivity contribution in [1.29, 1.82) is 0 Å². The Kier molecular flexibility index (Phi) is 5.42. The van der Waals surface area contributed by atoms with Gasteiger partial charge in [0.25, 0.3) is 11.7 Å². The van der Waals surface area contributed by atoms with Gasteiger partial charge >= 0.3 is 0 Å². The number of aryl methyl sites for hydroxylation is 1. The number of carbonyl (C=O) groups is 2. The lowest BCUT2D eigenvalue weighted by Gasteiger charge is -2.35. The summed E-state index contributed by atoms with van der Waals surface area (Å²) < 4.78 is 15.0. The highest BCUT2D eigenvalue weighted by molar-refractivity contribution is 6.43. The van der Waals surface area contributed by atoms with E-state index in [2.05, 4.69) is 4.90 Å². The summed E-state index contributed by atoms with van der Waals surface area (Å²) in [4.78, 5) is 30.5. The number of Topliss-reactive ketones (excluding diaryl/α,β-unsaturated/α-hetero) is 1. The van der Waals surface area contributed by atoms with Crippen molar-refractivity contribution in [3.63, 3.8) is 0 Å². The zero-order valence-electron chi connectivity index (χ0n) is 18.4. The van der Waals surface area contributed by atoms with Crippen molar-refractivity contribution in [2.24, 2.45) is 0 Å². The molecular weight excluding hydrogens is 417 g/mol. The minimum atomic E-state index is -0.507. The lowest BCUT2D eigenvalue weighted by molar-refractivity contribution is -0.126. The van der Waals surface area contributed by atoms with Crippen molar-refractivity contribution in [3.8, 4) is 11.1 Å². The van der Waals surface area contributed by atoms with Crippen molar-refractivity contribution in [3.05, 3.63) is 96.1 Å². The van der Waals surface area contributed by atoms with Crippen molar-refractivity contribution in [1.82, 2.24) is 9.30 Å². The van der Waals surface area contributed by atoms with Gasteiger partial charge in [-0.05, 0) is 55.0 Å². The molecule has 0 unspecified atom stereocenters. The van der Waals surface area contributed by atoms with Crippen LogP contribution in [0.15, 0.2) is 79.0 Å². The van der Waals surface area contributed by atoms with E-state index in [4.69, 9.17) is 0 Å². The summed E-state index contributed by atoms with van der Waals surface area (Å²) >= 11 is 0. The summed E-state index contributed by atoms with van der Waals surface area (Å²) in [5.74, 6) is -1.28. The molecule has 33 heavy (non-hydrogen) atoms. The van der Waals surface area contributed by atoms with E-state index in [1.165, 1.54) is 12.1 Å². The van der Waals surface area contributed by atoms with E-state index >= 15 is 0 Å². The van der Waals surface area contributed by atoms with Crippen molar-refractivity contribution in [2.45, 2.75) is 6.92 Å². The number of hydrogen-bond donors (Lipinski definition) is 0. The molecule has 2 aromatic heterocycles. The molecule has 1 fully saturated rings. The molecule has 0 aliphatic carbocycles. The Morgan fingerprint density at radius 2 is 1.55 bits per heavy atom. The van der Waals surface area contributed by atoms with Crippen LogP contribution in [-0.2, 0) is 4.79 Å². The Labute approximate surface area is 191 Å². The summed E-state index contributed by atoms with van der Waals surface area (Å²) in [5, 5.41) is 0. The predicted octanol–water partition coefficient (Wildman–Crippen LogP) is 4.59. The van der Waals surface area contributed by atoms with E-state index in [0.717, 1.165) is 27.9 Å². The molecule has 0 N–H and O–H groups in total. The van der Waals surface area contributed by atoms with Crippen LogP contribution in [0.4, 0.5) is 10.1 Å². The third-order valence-electron chi connectivity index (χ3n) is 6.21. The number of amides is 1. The maximum atomic E-state index is 13.5. The van der Waals surface area contributed by atoms with E-state index < -0.39 is 11.7 Å². The number of rotatable bonds is 4. The molecule has 1 aliphatic heterocycles. The third-order valence-corrected chi connectivity index (χ3v) is 6.21. The average molecular weight is 442 g/mol. The molecule has 0 radical (unpaired) electrons. The van der Waals surface area contributed by atoms with Gasteiger partial charge in [-0.3, -0.25) is 9.59 Å². The monoisotopic (exact) mass is 441 g/mol. The number of ketones is 1. The number of nitrogens with zero attached hydrogens (tertiary/aromatic N) is 3. The van der Waals surface area contributed by atoms with E-state index in [0.29, 0.717) is 31.9 Å². The highest BCUT2D eigenvalue weighted by Crippen LogP contribution is 2.29. The molecule has 1 saturated heterocycles.